The first-order chi connectivity index (χ1) is 30.8. The van der Waals surface area contributed by atoms with Gasteiger partial charge in [0.1, 0.15) is 18.1 Å². The van der Waals surface area contributed by atoms with E-state index < -0.39 is 72.2 Å². The molecule has 11 atom stereocenters. The zero-order valence-corrected chi connectivity index (χ0v) is 40.8. The summed E-state index contributed by atoms with van der Waals surface area (Å²) in [5.41, 5.74) is 0.725. The topological polar surface area (TPSA) is 184 Å². The van der Waals surface area contributed by atoms with E-state index in [2.05, 4.69) is 22.5 Å². The maximum atomic E-state index is 14.6. The van der Waals surface area contributed by atoms with Crippen LogP contribution in [0.25, 0.3) is 0 Å². The SMILES string of the molecule is CCC(C)[C@@H](C(CC(=O)N1CCC[C@H]1[C@H](OC)[C@@H](C)C(=O)N[C@@H](Cc1ccccc1)C(=O)O)OC)N(C)C(=O)[C@@H](NC(=O)[C@H](C(C)C)N(C)C(=O)OCC12CCC#CCC[C@@H]1C2)C(C)C. The molecule has 2 aliphatic carbocycles. The largest absolute Gasteiger partial charge is 0.480 e. The predicted octanol–water partition coefficient (Wildman–Crippen LogP) is 5.54. The van der Waals surface area contributed by atoms with Gasteiger partial charge in [0.15, 0.2) is 0 Å². The Morgan fingerprint density at radius 3 is 2.17 bits per heavy atom. The van der Waals surface area contributed by atoms with Crippen molar-refractivity contribution in [2.45, 2.75) is 155 Å². The lowest BCUT2D eigenvalue weighted by molar-refractivity contribution is -0.148. The quantitative estimate of drug-likeness (QED) is 0.118. The van der Waals surface area contributed by atoms with Gasteiger partial charge in [0, 0.05) is 59.5 Å². The number of aliphatic carboxylic acids is 1. The molecule has 4 rings (SSSR count). The molecule has 1 saturated carbocycles. The van der Waals surface area contributed by atoms with Crippen molar-refractivity contribution in [3.63, 3.8) is 0 Å². The molecule has 0 aromatic heterocycles. The van der Waals surface area contributed by atoms with Gasteiger partial charge in [-0.05, 0) is 61.3 Å². The molecule has 15 nitrogen and oxygen atoms in total. The minimum Gasteiger partial charge on any atom is -0.480 e. The summed E-state index contributed by atoms with van der Waals surface area (Å²) in [6, 6.07) is 5.04. The number of carboxylic acids is 1. The standard InChI is InChI=1S/C50H77N5O10/c1-12-33(6)43(39(63-10)28-40(56)55-26-20-24-38(55)44(64-11)34(7)45(57)51-37(48(60)61)27-35-21-16-15-17-22-35)53(8)47(59)41(31(2)3)52-46(58)42(32(4)5)54(9)49(62)65-30-50-25-19-14-13-18-23-36(50)29-50/h15-17,21-22,31-34,36-39,41-44H,12,18-20,23-30H2,1-11H3,(H,51,57)(H,52,58)(H,60,61)/t33?,34-,36-,37+,38+,39?,41+,42+,43+,44-,50?/m1/s1. The second kappa shape index (κ2) is 24.2. The van der Waals surface area contributed by atoms with E-state index in [1.165, 1.54) is 19.1 Å². The van der Waals surface area contributed by atoms with Crippen molar-refractivity contribution in [3.05, 3.63) is 35.9 Å². The number of amides is 5. The van der Waals surface area contributed by atoms with E-state index in [0.29, 0.717) is 38.3 Å². The average molecular weight is 908 g/mol. The van der Waals surface area contributed by atoms with Crippen LogP contribution in [0.4, 0.5) is 4.79 Å². The second-order valence-corrected chi connectivity index (χ2v) is 19.4. The molecule has 3 aliphatic rings. The third-order valence-electron chi connectivity index (χ3n) is 14.3. The van der Waals surface area contributed by atoms with Gasteiger partial charge in [-0.15, -0.1) is 11.8 Å². The lowest BCUT2D eigenvalue weighted by Crippen LogP contribution is -2.60. The summed E-state index contributed by atoms with van der Waals surface area (Å²) in [7, 11) is 6.24. The van der Waals surface area contributed by atoms with Crippen LogP contribution in [0.15, 0.2) is 30.3 Å². The summed E-state index contributed by atoms with van der Waals surface area (Å²) in [4.78, 5) is 87.0. The van der Waals surface area contributed by atoms with E-state index in [0.717, 1.165) is 37.7 Å². The highest BCUT2D eigenvalue weighted by Gasteiger charge is 2.54. The van der Waals surface area contributed by atoms with E-state index in [-0.39, 0.29) is 47.8 Å². The number of benzene rings is 1. The van der Waals surface area contributed by atoms with Crippen LogP contribution < -0.4 is 10.6 Å². The third-order valence-corrected chi connectivity index (χ3v) is 14.3. The molecular weight excluding hydrogens is 831 g/mol. The number of fused-ring (bicyclic) bond motifs is 1. The third kappa shape index (κ3) is 13.5. The molecule has 362 valence electrons. The summed E-state index contributed by atoms with van der Waals surface area (Å²) in [5.74, 6) is 2.70. The van der Waals surface area contributed by atoms with Crippen LogP contribution >= 0.6 is 0 Å². The molecule has 0 bridgehead atoms. The number of hydrogen-bond acceptors (Lipinski definition) is 9. The number of carboxylic acid groups (broad SMARTS) is 1. The van der Waals surface area contributed by atoms with Crippen molar-refractivity contribution < 1.29 is 48.1 Å². The Hall–Kier alpha value is -4.68. The maximum absolute atomic E-state index is 14.6. The minimum absolute atomic E-state index is 0.0466. The van der Waals surface area contributed by atoms with Crippen molar-refractivity contribution in [1.82, 2.24) is 25.3 Å². The van der Waals surface area contributed by atoms with Gasteiger partial charge >= 0.3 is 12.1 Å². The Bertz CT molecular complexity index is 1850. The van der Waals surface area contributed by atoms with Gasteiger partial charge in [-0.2, -0.15) is 0 Å². The molecule has 1 aromatic rings. The number of carbonyl (C=O) groups is 6. The van der Waals surface area contributed by atoms with E-state index in [4.69, 9.17) is 14.2 Å². The number of methoxy groups -OCH3 is 2. The summed E-state index contributed by atoms with van der Waals surface area (Å²) < 4.78 is 17.8. The fraction of sp³-hybridized carbons (Fsp3) is 0.720. The summed E-state index contributed by atoms with van der Waals surface area (Å²) >= 11 is 0. The molecule has 0 spiro atoms. The smallest absolute Gasteiger partial charge is 0.410 e. The van der Waals surface area contributed by atoms with E-state index in [1.54, 1.807) is 43.0 Å². The van der Waals surface area contributed by atoms with Crippen LogP contribution in [0.1, 0.15) is 112 Å². The second-order valence-electron chi connectivity index (χ2n) is 19.4. The lowest BCUT2D eigenvalue weighted by atomic mass is 9.89. The molecule has 3 unspecified atom stereocenters. The average Bonchev–Trinajstić information content (AvgIpc) is 3.68. The highest BCUT2D eigenvalue weighted by Crippen LogP contribution is 2.58. The molecule has 5 amide bonds. The molecular formula is C50H77N5O10. The van der Waals surface area contributed by atoms with Crippen molar-refractivity contribution >= 4 is 35.7 Å². The van der Waals surface area contributed by atoms with E-state index in [9.17, 15) is 33.9 Å². The summed E-state index contributed by atoms with van der Waals surface area (Å²) in [5, 5.41) is 15.6. The van der Waals surface area contributed by atoms with Gasteiger partial charge in [-0.1, -0.05) is 85.2 Å². The van der Waals surface area contributed by atoms with E-state index in [1.807, 2.05) is 59.7 Å². The fourth-order valence-corrected chi connectivity index (χ4v) is 10.1. The van der Waals surface area contributed by atoms with Crippen molar-refractivity contribution in [2.75, 3.05) is 41.5 Å². The van der Waals surface area contributed by atoms with Gasteiger partial charge in [0.25, 0.3) is 0 Å². The number of hydrogen-bond donors (Lipinski definition) is 3. The first-order valence-corrected chi connectivity index (χ1v) is 23.7. The molecule has 1 aliphatic heterocycles. The first-order valence-electron chi connectivity index (χ1n) is 23.7. The minimum atomic E-state index is -1.15. The zero-order chi connectivity index (χ0) is 48.2. The fourth-order valence-electron chi connectivity index (χ4n) is 10.1. The molecule has 0 radical (unpaired) electrons. The Morgan fingerprint density at radius 2 is 1.57 bits per heavy atom. The Balaban J connectivity index is 1.44. The van der Waals surface area contributed by atoms with Crippen LogP contribution in [0.3, 0.4) is 0 Å². The van der Waals surface area contributed by atoms with Crippen molar-refractivity contribution in [3.8, 4) is 11.8 Å². The van der Waals surface area contributed by atoms with Gasteiger partial charge in [0.2, 0.25) is 23.6 Å². The number of nitrogens with zero attached hydrogens (tertiary/aromatic N) is 3. The van der Waals surface area contributed by atoms with Gasteiger partial charge in [0.05, 0.1) is 43.2 Å². The molecule has 2 fully saturated rings. The van der Waals surface area contributed by atoms with E-state index >= 15 is 0 Å². The molecule has 1 saturated heterocycles. The van der Waals surface area contributed by atoms with Crippen LogP contribution in [0.5, 0.6) is 0 Å². The summed E-state index contributed by atoms with van der Waals surface area (Å²) in [6.07, 6.45) is 4.47. The number of nitrogens with one attached hydrogen (secondary N) is 2. The number of likely N-dealkylation sites (N-methyl/N-ethyl adjacent to an activating group) is 2. The zero-order valence-electron chi connectivity index (χ0n) is 40.8. The Morgan fingerprint density at radius 1 is 0.892 bits per heavy atom. The molecule has 65 heavy (non-hydrogen) atoms. The summed E-state index contributed by atoms with van der Waals surface area (Å²) in [6.45, 7) is 13.8. The van der Waals surface area contributed by atoms with Crippen LogP contribution in [-0.4, -0.2) is 139 Å². The highest BCUT2D eigenvalue weighted by atomic mass is 16.6. The van der Waals surface area contributed by atoms with Crippen LogP contribution in [0, 0.1) is 46.8 Å². The highest BCUT2D eigenvalue weighted by molar-refractivity contribution is 5.92. The number of ether oxygens (including phenoxy) is 3. The molecule has 3 N–H and O–H groups in total. The van der Waals surface area contributed by atoms with Gasteiger partial charge < -0.3 is 39.8 Å². The monoisotopic (exact) mass is 908 g/mol. The van der Waals surface area contributed by atoms with Gasteiger partial charge in [-0.3, -0.25) is 24.1 Å². The Labute approximate surface area is 387 Å². The normalized spacial score (nSPS) is 22.8. The molecule has 1 heterocycles. The Kier molecular flexibility index (Phi) is 19.7. The van der Waals surface area contributed by atoms with Crippen molar-refractivity contribution in [2.24, 2.45) is 35.0 Å². The maximum Gasteiger partial charge on any atom is 0.410 e. The van der Waals surface area contributed by atoms with Crippen LogP contribution in [-0.2, 0) is 44.6 Å². The molecule has 1 aromatic carbocycles. The number of carbonyl (C=O) groups excluding carboxylic acids is 5. The number of rotatable bonds is 23. The predicted molar refractivity (Wildman–Crippen MR) is 247 cm³/mol. The molecule has 15 heteroatoms. The van der Waals surface area contributed by atoms with Crippen LogP contribution in [0.2, 0.25) is 0 Å². The van der Waals surface area contributed by atoms with Gasteiger partial charge in [-0.25, -0.2) is 9.59 Å². The van der Waals surface area contributed by atoms with Crippen molar-refractivity contribution in [1.29, 1.82) is 0 Å². The first kappa shape index (κ1) is 52.9. The number of likely N-dealkylation sites (tertiary alicyclic amines) is 1. The lowest BCUT2D eigenvalue weighted by Gasteiger charge is -2.41.